The van der Waals surface area contributed by atoms with Gasteiger partial charge in [0.25, 0.3) is 17.7 Å². The van der Waals surface area contributed by atoms with Crippen molar-refractivity contribution in [2.45, 2.75) is 71.3 Å². The van der Waals surface area contributed by atoms with Crippen molar-refractivity contribution < 1.29 is 47.6 Å². The van der Waals surface area contributed by atoms with E-state index >= 15 is 0 Å². The number of phenolic OH excluding ortho intramolecular Hbond substituents is 1. The number of amides is 3. The number of ether oxygens (including phenoxy) is 3. The summed E-state index contributed by atoms with van der Waals surface area (Å²) >= 11 is 0. The number of aliphatic hydroxyl groups is 1. The first-order valence-corrected chi connectivity index (χ1v) is 23.4. The molecule has 0 bridgehead atoms. The zero-order chi connectivity index (χ0) is 51.2. The zero-order valence-corrected chi connectivity index (χ0v) is 41.0. The van der Waals surface area contributed by atoms with Crippen LogP contribution in [0.1, 0.15) is 103 Å². The number of methoxy groups -OCH3 is 1. The first-order valence-electron chi connectivity index (χ1n) is 23.4. The smallest absolute Gasteiger partial charge is 0.258 e. The summed E-state index contributed by atoms with van der Waals surface area (Å²) in [6.45, 7) is 8.32. The molecule has 2 aromatic heterocycles. The molecule has 0 atom stereocenters. The molecule has 0 saturated carbocycles. The standard InChI is InChI=1S/C32H32FN3O5.C24H22FN3O3/c1-32(2,18-37)35-30(38)26-24-14-21(13-19-5-9-22(33)10-6-19)15-34-28(24)29(27-25(26)16-36(3)31(27)39)41-17-20-7-11-23(40-4)12-8-20;1-24(2)12-31-22(27-24)18-16-9-14(8-13-4-6-15(25)7-5-13)10-26-20(16)21(29)19-17(18)11-28(3)23(19)30/h5-12,14-15,37H,13,16-18H2,1-4H3,(H,35,38);4-7,9-10,29H,8,11-12H2,1-3H3. The van der Waals surface area contributed by atoms with Crippen LogP contribution >= 0.6 is 0 Å². The maximum atomic E-state index is 13.8. The van der Waals surface area contributed by atoms with Gasteiger partial charge in [0, 0.05) is 61.5 Å². The van der Waals surface area contributed by atoms with Crippen LogP contribution in [0.2, 0.25) is 0 Å². The van der Waals surface area contributed by atoms with Crippen LogP contribution in [-0.2, 0) is 37.3 Å². The number of fused-ring (bicyclic) bond motifs is 4. The minimum atomic E-state index is -0.895. The zero-order valence-electron chi connectivity index (χ0n) is 41.0. The van der Waals surface area contributed by atoms with E-state index in [1.54, 1.807) is 76.6 Å². The first kappa shape index (κ1) is 49.0. The minimum Gasteiger partial charge on any atom is -0.505 e. The molecule has 14 nitrogen and oxygen atoms in total. The van der Waals surface area contributed by atoms with Crippen LogP contribution in [0.4, 0.5) is 8.78 Å². The summed E-state index contributed by atoms with van der Waals surface area (Å²) in [5.41, 5.74) is 6.70. The third-order valence-electron chi connectivity index (χ3n) is 12.9. The highest BCUT2D eigenvalue weighted by Crippen LogP contribution is 2.43. The molecule has 370 valence electrons. The van der Waals surface area contributed by atoms with Gasteiger partial charge in [-0.05, 0) is 117 Å². The quantitative estimate of drug-likeness (QED) is 0.108. The lowest BCUT2D eigenvalue weighted by Gasteiger charge is -2.25. The van der Waals surface area contributed by atoms with E-state index < -0.39 is 11.4 Å². The molecule has 0 spiro atoms. The Bertz CT molecular complexity index is 3320. The topological polar surface area (TPSA) is 176 Å². The lowest BCUT2D eigenvalue weighted by molar-refractivity contribution is 0.0805. The van der Waals surface area contributed by atoms with Crippen LogP contribution in [0.3, 0.4) is 0 Å². The van der Waals surface area contributed by atoms with Gasteiger partial charge < -0.3 is 39.5 Å². The molecule has 3 amide bonds. The van der Waals surface area contributed by atoms with Gasteiger partial charge in [-0.25, -0.2) is 13.8 Å². The number of nitrogens with one attached hydrogen (secondary N) is 1. The predicted octanol–water partition coefficient (Wildman–Crippen LogP) is 8.45. The Morgan fingerprint density at radius 1 is 0.764 bits per heavy atom. The Kier molecular flexibility index (Phi) is 13.2. The first-order chi connectivity index (χ1) is 34.3. The molecule has 7 aromatic rings. The summed E-state index contributed by atoms with van der Waals surface area (Å²) in [6.07, 6.45) is 4.37. The number of aliphatic imine (C=N–C) groups is 1. The van der Waals surface area contributed by atoms with Crippen LogP contribution in [0.25, 0.3) is 21.8 Å². The van der Waals surface area contributed by atoms with E-state index in [2.05, 4.69) is 10.3 Å². The van der Waals surface area contributed by atoms with Gasteiger partial charge >= 0.3 is 0 Å². The molecule has 0 fully saturated rings. The molecular formula is C56H54F2N6O8. The van der Waals surface area contributed by atoms with Gasteiger partial charge in [-0.3, -0.25) is 24.4 Å². The molecule has 3 aliphatic heterocycles. The number of halogens is 2. The molecule has 3 N–H and O–H groups in total. The van der Waals surface area contributed by atoms with Crippen LogP contribution in [0.5, 0.6) is 17.2 Å². The number of carbonyl (C=O) groups excluding carboxylic acids is 3. The molecule has 0 aliphatic carbocycles. The van der Waals surface area contributed by atoms with Gasteiger partial charge in [-0.2, -0.15) is 0 Å². The third-order valence-corrected chi connectivity index (χ3v) is 12.9. The van der Waals surface area contributed by atoms with Crippen LogP contribution in [-0.4, -0.2) is 99.1 Å². The summed E-state index contributed by atoms with van der Waals surface area (Å²) < 4.78 is 44.2. The number of aromatic hydroxyl groups is 1. The molecule has 0 unspecified atom stereocenters. The number of benzene rings is 5. The average Bonchev–Trinajstić information content (AvgIpc) is 3.98. The van der Waals surface area contributed by atoms with Gasteiger partial charge in [-0.1, -0.05) is 36.4 Å². The number of carbonyl (C=O) groups is 3. The van der Waals surface area contributed by atoms with Gasteiger partial charge in [0.15, 0.2) is 11.5 Å². The Labute approximate surface area is 414 Å². The summed E-state index contributed by atoms with van der Waals surface area (Å²) in [4.78, 5) is 57.0. The van der Waals surface area contributed by atoms with Gasteiger partial charge in [0.2, 0.25) is 5.90 Å². The number of rotatable bonds is 12. The summed E-state index contributed by atoms with van der Waals surface area (Å²) in [5, 5.41) is 24.8. The highest BCUT2D eigenvalue weighted by Gasteiger charge is 2.39. The summed E-state index contributed by atoms with van der Waals surface area (Å²) in [7, 11) is 4.97. The van der Waals surface area contributed by atoms with E-state index in [9.17, 15) is 33.4 Å². The molecule has 72 heavy (non-hydrogen) atoms. The number of phenols is 1. The fourth-order valence-electron chi connectivity index (χ4n) is 9.14. The normalized spacial score (nSPS) is 14.7. The number of nitrogens with zero attached hydrogens (tertiary/aromatic N) is 5. The molecule has 5 heterocycles. The van der Waals surface area contributed by atoms with Crippen molar-refractivity contribution in [2.75, 3.05) is 34.4 Å². The second-order valence-electron chi connectivity index (χ2n) is 19.7. The van der Waals surface area contributed by atoms with Crippen LogP contribution < -0.4 is 14.8 Å². The van der Waals surface area contributed by atoms with E-state index in [0.29, 0.717) is 93.0 Å². The maximum absolute atomic E-state index is 13.8. The van der Waals surface area contributed by atoms with Crippen molar-refractivity contribution in [1.29, 1.82) is 0 Å². The van der Waals surface area contributed by atoms with Crippen molar-refractivity contribution in [3.63, 3.8) is 0 Å². The highest BCUT2D eigenvalue weighted by atomic mass is 19.1. The number of hydrogen-bond acceptors (Lipinski definition) is 11. The predicted molar refractivity (Wildman–Crippen MR) is 268 cm³/mol. The van der Waals surface area contributed by atoms with Crippen molar-refractivity contribution in [1.82, 2.24) is 25.1 Å². The van der Waals surface area contributed by atoms with Crippen LogP contribution in [0, 0.1) is 11.6 Å². The van der Waals surface area contributed by atoms with Gasteiger partial charge in [0.05, 0.1) is 47.0 Å². The van der Waals surface area contributed by atoms with Gasteiger partial charge in [-0.15, -0.1) is 0 Å². The minimum absolute atomic E-state index is 0.116. The Balaban J connectivity index is 0.000000184. The molecular weight excluding hydrogens is 923 g/mol. The average molecular weight is 977 g/mol. The van der Waals surface area contributed by atoms with E-state index in [1.807, 2.05) is 50.2 Å². The molecule has 0 radical (unpaired) electrons. The van der Waals surface area contributed by atoms with Crippen molar-refractivity contribution in [2.24, 2.45) is 4.99 Å². The lowest BCUT2D eigenvalue weighted by Crippen LogP contribution is -2.46. The Morgan fingerprint density at radius 2 is 1.31 bits per heavy atom. The SMILES string of the molecule is CN1Cc2c(c(O)c3ncc(Cc4ccc(F)cc4)cc3c2C2=NC(C)(C)CO2)C1=O.COc1ccc(COc2c3c(c(C(=O)NC(C)(C)CO)c4cc(Cc5ccc(F)cc5)cnc24)CN(C)C3=O)cc1. The fraction of sp³-hybridized carbons (Fsp3) is 0.286. The summed E-state index contributed by atoms with van der Waals surface area (Å²) in [5.74, 6) is -0.153. The number of aliphatic hydroxyl groups excluding tert-OH is 1. The van der Waals surface area contributed by atoms with E-state index in [4.69, 9.17) is 24.2 Å². The molecule has 5 aromatic carbocycles. The molecule has 16 heteroatoms. The molecule has 10 rings (SSSR count). The maximum Gasteiger partial charge on any atom is 0.258 e. The Morgan fingerprint density at radius 3 is 1.86 bits per heavy atom. The second-order valence-corrected chi connectivity index (χ2v) is 19.7. The summed E-state index contributed by atoms with van der Waals surface area (Å²) in [6, 6.07) is 23.8. The molecule has 0 saturated heterocycles. The number of pyridine rings is 2. The van der Waals surface area contributed by atoms with Crippen molar-refractivity contribution in [3.05, 3.63) is 170 Å². The Hall–Kier alpha value is -7.98. The second kappa shape index (κ2) is 19.3. The highest BCUT2D eigenvalue weighted by molar-refractivity contribution is 6.17. The van der Waals surface area contributed by atoms with E-state index in [1.165, 1.54) is 29.2 Å². The van der Waals surface area contributed by atoms with Gasteiger partial charge in [0.1, 0.15) is 41.6 Å². The molecule has 3 aliphatic rings. The van der Waals surface area contributed by atoms with E-state index in [-0.39, 0.29) is 60.1 Å². The fourth-order valence-corrected chi connectivity index (χ4v) is 9.14. The number of aromatic nitrogens is 2. The number of hydrogen-bond donors (Lipinski definition) is 3. The largest absolute Gasteiger partial charge is 0.505 e. The van der Waals surface area contributed by atoms with Crippen molar-refractivity contribution in [3.8, 4) is 17.2 Å². The van der Waals surface area contributed by atoms with Crippen molar-refractivity contribution >= 4 is 45.4 Å². The monoisotopic (exact) mass is 976 g/mol. The van der Waals surface area contributed by atoms with Crippen LogP contribution in [0.15, 0.2) is 102 Å². The third kappa shape index (κ3) is 9.73. The van der Waals surface area contributed by atoms with E-state index in [0.717, 1.165) is 27.8 Å². The lowest BCUT2D eigenvalue weighted by atomic mass is 9.93.